The topological polar surface area (TPSA) is 194 Å². The van der Waals surface area contributed by atoms with Crippen LogP contribution in [0.4, 0.5) is 0 Å². The van der Waals surface area contributed by atoms with Gasteiger partial charge in [-0.25, -0.2) is 4.79 Å². The highest BCUT2D eigenvalue weighted by Gasteiger charge is 2.28. The summed E-state index contributed by atoms with van der Waals surface area (Å²) in [6, 6.07) is 4.72. The molecule has 12 heteroatoms. The molecule has 4 atom stereocenters. The molecule has 0 aromatic heterocycles. The average Bonchev–Trinajstić information content (AvgIpc) is 2.74. The van der Waals surface area contributed by atoms with Gasteiger partial charge in [-0.2, -0.15) is 12.6 Å². The number of nitrogens with one attached hydrogen (secondary N) is 3. The van der Waals surface area contributed by atoms with Crippen LogP contribution in [-0.2, 0) is 30.4 Å². The van der Waals surface area contributed by atoms with Crippen LogP contribution in [0.2, 0.25) is 0 Å². The molecule has 4 unspecified atom stereocenters. The lowest BCUT2D eigenvalue weighted by Gasteiger charge is -2.22. The molecule has 32 heavy (non-hydrogen) atoms. The van der Waals surface area contributed by atoms with Gasteiger partial charge in [-0.1, -0.05) is 30.3 Å². The minimum atomic E-state index is -1.36. The summed E-state index contributed by atoms with van der Waals surface area (Å²) in [5, 5.41) is 16.3. The van der Waals surface area contributed by atoms with E-state index in [1.165, 1.54) is 6.92 Å². The molecule has 0 aliphatic carbocycles. The van der Waals surface area contributed by atoms with Crippen molar-refractivity contribution in [1.29, 1.82) is 0 Å². The van der Waals surface area contributed by atoms with Crippen LogP contribution in [-0.4, -0.2) is 64.6 Å². The lowest BCUT2D eigenvalue weighted by Crippen LogP contribution is -2.57. The van der Waals surface area contributed by atoms with Crippen molar-refractivity contribution in [2.75, 3.05) is 5.75 Å². The van der Waals surface area contributed by atoms with Crippen molar-refractivity contribution in [1.82, 2.24) is 16.0 Å². The van der Waals surface area contributed by atoms with E-state index >= 15 is 0 Å². The zero-order valence-electron chi connectivity index (χ0n) is 17.6. The number of benzene rings is 1. The first-order valence-corrected chi connectivity index (χ1v) is 10.5. The van der Waals surface area contributed by atoms with Gasteiger partial charge in [0.1, 0.15) is 18.1 Å². The molecule has 0 saturated heterocycles. The van der Waals surface area contributed by atoms with Crippen LogP contribution in [0.15, 0.2) is 30.3 Å². The number of hydrogen-bond donors (Lipinski definition) is 7. The Bertz CT molecular complexity index is 822. The van der Waals surface area contributed by atoms with E-state index in [1.807, 2.05) is 30.3 Å². The van der Waals surface area contributed by atoms with Gasteiger partial charge < -0.3 is 32.5 Å². The maximum absolute atomic E-state index is 12.4. The lowest BCUT2D eigenvalue weighted by molar-refractivity contribution is -0.142. The molecule has 0 saturated carbocycles. The summed E-state index contributed by atoms with van der Waals surface area (Å²) in [4.78, 5) is 59.2. The van der Waals surface area contributed by atoms with Crippen molar-refractivity contribution in [3.8, 4) is 0 Å². The summed E-state index contributed by atoms with van der Waals surface area (Å²) in [6.07, 6.45) is -0.151. The predicted molar refractivity (Wildman–Crippen MR) is 120 cm³/mol. The zero-order valence-corrected chi connectivity index (χ0v) is 18.5. The Kier molecular flexibility index (Phi) is 11.2. The van der Waals surface area contributed by atoms with Gasteiger partial charge in [-0.05, 0) is 25.3 Å². The molecule has 176 valence electrons. The molecule has 0 spiro atoms. The van der Waals surface area contributed by atoms with Gasteiger partial charge in [0, 0.05) is 12.2 Å². The van der Waals surface area contributed by atoms with Crippen molar-refractivity contribution in [2.24, 2.45) is 11.5 Å². The molecular weight excluding hydrogens is 438 g/mol. The number of carboxylic acids is 1. The second-order valence-corrected chi connectivity index (χ2v) is 7.54. The first-order chi connectivity index (χ1) is 15.0. The number of amides is 4. The molecular formula is C20H29N5O6S. The highest BCUT2D eigenvalue weighted by Crippen LogP contribution is 2.03. The maximum atomic E-state index is 12.4. The van der Waals surface area contributed by atoms with Gasteiger partial charge in [0.15, 0.2) is 0 Å². The van der Waals surface area contributed by atoms with Crippen LogP contribution < -0.4 is 27.4 Å². The normalized spacial score (nSPS) is 14.3. The zero-order chi connectivity index (χ0) is 24.3. The first-order valence-electron chi connectivity index (χ1n) is 9.87. The van der Waals surface area contributed by atoms with Crippen LogP contribution in [0.1, 0.15) is 25.3 Å². The Labute approximate surface area is 191 Å². The molecule has 0 aliphatic rings. The van der Waals surface area contributed by atoms with E-state index in [-0.39, 0.29) is 25.0 Å². The van der Waals surface area contributed by atoms with Crippen molar-refractivity contribution in [3.05, 3.63) is 35.9 Å². The van der Waals surface area contributed by atoms with Gasteiger partial charge in [-0.3, -0.25) is 19.2 Å². The van der Waals surface area contributed by atoms with E-state index in [9.17, 15) is 29.1 Å². The van der Waals surface area contributed by atoms with Gasteiger partial charge in [0.25, 0.3) is 0 Å². The Morgan fingerprint density at radius 3 is 2.09 bits per heavy atom. The predicted octanol–water partition coefficient (Wildman–Crippen LogP) is -1.69. The standard InChI is InChI=1S/C20H29N5O6S/c1-11(23-18(28)13(21)9-12-5-3-2-4-6-12)17(27)25-15(10-32)19(29)24-14(20(30)31)7-8-16(22)26/h2-6,11,13-15,32H,7-10,21H2,1H3,(H2,22,26)(H,23,28)(H,24,29)(H,25,27)(H,30,31). The Balaban J connectivity index is 2.62. The molecule has 1 aromatic rings. The monoisotopic (exact) mass is 467 g/mol. The Morgan fingerprint density at radius 1 is 0.969 bits per heavy atom. The summed E-state index contributed by atoms with van der Waals surface area (Å²) in [7, 11) is 0. The van der Waals surface area contributed by atoms with Gasteiger partial charge >= 0.3 is 5.97 Å². The summed E-state index contributed by atoms with van der Waals surface area (Å²) in [5.41, 5.74) is 11.8. The van der Waals surface area contributed by atoms with E-state index in [0.29, 0.717) is 0 Å². The minimum absolute atomic E-state index is 0.131. The molecule has 1 rings (SSSR count). The number of nitrogens with two attached hydrogens (primary N) is 2. The largest absolute Gasteiger partial charge is 0.480 e. The second kappa shape index (κ2) is 13.3. The molecule has 8 N–H and O–H groups in total. The summed E-state index contributed by atoms with van der Waals surface area (Å²) in [6.45, 7) is 1.42. The fourth-order valence-corrected chi connectivity index (χ4v) is 2.91. The van der Waals surface area contributed by atoms with Crippen LogP contribution in [0, 0.1) is 0 Å². The highest BCUT2D eigenvalue weighted by molar-refractivity contribution is 7.80. The molecule has 0 radical (unpaired) electrons. The number of carbonyl (C=O) groups is 5. The maximum Gasteiger partial charge on any atom is 0.326 e. The fourth-order valence-electron chi connectivity index (χ4n) is 2.65. The third-order valence-electron chi connectivity index (χ3n) is 4.50. The van der Waals surface area contributed by atoms with Crippen LogP contribution in [0.5, 0.6) is 0 Å². The number of aliphatic carboxylic acids is 1. The summed E-state index contributed by atoms with van der Waals surface area (Å²) >= 11 is 4.01. The number of carbonyl (C=O) groups excluding carboxylic acids is 4. The summed E-state index contributed by atoms with van der Waals surface area (Å²) in [5.74, 6) is -4.21. The lowest BCUT2D eigenvalue weighted by atomic mass is 10.1. The number of thiol groups is 1. The van der Waals surface area contributed by atoms with Crippen molar-refractivity contribution in [3.63, 3.8) is 0 Å². The number of primary amides is 1. The molecule has 11 nitrogen and oxygen atoms in total. The van der Waals surface area contributed by atoms with Crippen molar-refractivity contribution >= 4 is 42.2 Å². The van der Waals surface area contributed by atoms with Crippen molar-refractivity contribution in [2.45, 2.75) is 50.4 Å². The van der Waals surface area contributed by atoms with Crippen molar-refractivity contribution < 1.29 is 29.1 Å². The molecule has 0 bridgehead atoms. The molecule has 0 aliphatic heterocycles. The van der Waals surface area contributed by atoms with Gasteiger partial charge in [0.2, 0.25) is 23.6 Å². The fraction of sp³-hybridized carbons (Fsp3) is 0.450. The van der Waals surface area contributed by atoms with E-state index < -0.39 is 53.8 Å². The van der Waals surface area contributed by atoms with Crippen LogP contribution in [0.25, 0.3) is 0 Å². The third-order valence-corrected chi connectivity index (χ3v) is 4.86. The average molecular weight is 468 g/mol. The molecule has 0 fully saturated rings. The van der Waals surface area contributed by atoms with Crippen LogP contribution in [0.3, 0.4) is 0 Å². The second-order valence-electron chi connectivity index (χ2n) is 7.17. The Morgan fingerprint density at radius 2 is 1.56 bits per heavy atom. The molecule has 0 heterocycles. The highest BCUT2D eigenvalue weighted by atomic mass is 32.1. The van der Waals surface area contributed by atoms with E-state index in [4.69, 9.17) is 11.5 Å². The summed E-state index contributed by atoms with van der Waals surface area (Å²) < 4.78 is 0. The van der Waals surface area contributed by atoms with E-state index in [0.717, 1.165) is 5.56 Å². The molecule has 4 amide bonds. The Hall–Kier alpha value is -3.12. The quantitative estimate of drug-likeness (QED) is 0.168. The van der Waals surface area contributed by atoms with Gasteiger partial charge in [0.05, 0.1) is 6.04 Å². The third kappa shape index (κ3) is 9.35. The number of rotatable bonds is 13. The SMILES string of the molecule is CC(NC(=O)C(N)Cc1ccccc1)C(=O)NC(CS)C(=O)NC(CCC(N)=O)C(=O)O. The first kappa shape index (κ1) is 26.9. The van der Waals surface area contributed by atoms with E-state index in [1.54, 1.807) is 0 Å². The van der Waals surface area contributed by atoms with E-state index in [2.05, 4.69) is 28.6 Å². The molecule has 1 aromatic carbocycles. The van der Waals surface area contributed by atoms with Gasteiger partial charge in [-0.15, -0.1) is 0 Å². The smallest absolute Gasteiger partial charge is 0.326 e. The number of carboxylic acid groups (broad SMARTS) is 1. The minimum Gasteiger partial charge on any atom is -0.480 e. The number of hydrogen-bond acceptors (Lipinski definition) is 7. The van der Waals surface area contributed by atoms with Crippen LogP contribution >= 0.6 is 12.6 Å².